The summed E-state index contributed by atoms with van der Waals surface area (Å²) in [5.41, 5.74) is 0. The highest BCUT2D eigenvalue weighted by atomic mass is 16.3. The molecule has 3 atom stereocenters. The molecule has 2 aliphatic heterocycles. The van der Waals surface area contributed by atoms with Crippen molar-refractivity contribution in [3.63, 3.8) is 0 Å². The van der Waals surface area contributed by atoms with Gasteiger partial charge in [-0.3, -0.25) is 0 Å². The number of aliphatic hydroxyl groups is 1. The topological polar surface area (TPSA) is 32.3 Å². The molecule has 0 aromatic carbocycles. The van der Waals surface area contributed by atoms with Gasteiger partial charge in [-0.25, -0.2) is 0 Å². The van der Waals surface area contributed by atoms with E-state index in [4.69, 9.17) is 0 Å². The van der Waals surface area contributed by atoms with Gasteiger partial charge in [0.1, 0.15) is 0 Å². The van der Waals surface area contributed by atoms with Crippen LogP contribution in [0, 0.1) is 0 Å². The van der Waals surface area contributed by atoms with Crippen molar-refractivity contribution in [2.24, 2.45) is 0 Å². The van der Waals surface area contributed by atoms with Crippen LogP contribution in [0.2, 0.25) is 0 Å². The molecule has 0 saturated carbocycles. The molecule has 0 unspecified atom stereocenters. The zero-order valence-corrected chi connectivity index (χ0v) is 5.51. The minimum absolute atomic E-state index is 0.0440. The van der Waals surface area contributed by atoms with Crippen molar-refractivity contribution in [2.75, 3.05) is 0 Å². The number of rotatable bonds is 0. The van der Waals surface area contributed by atoms with Gasteiger partial charge < -0.3 is 10.4 Å². The fraction of sp³-hybridized carbons (Fsp3) is 1.00. The lowest BCUT2D eigenvalue weighted by molar-refractivity contribution is 0.156. The monoisotopic (exact) mass is 127 g/mol. The van der Waals surface area contributed by atoms with Crippen molar-refractivity contribution in [2.45, 2.75) is 43.9 Å². The molecule has 2 aliphatic rings. The number of nitrogens with one attached hydrogen (secondary N) is 1. The Labute approximate surface area is 55.3 Å². The van der Waals surface area contributed by atoms with E-state index >= 15 is 0 Å². The molecule has 2 heteroatoms. The zero-order valence-electron chi connectivity index (χ0n) is 5.51. The first-order chi connectivity index (χ1) is 4.36. The van der Waals surface area contributed by atoms with E-state index in [0.717, 1.165) is 6.42 Å². The Morgan fingerprint density at radius 1 is 1.33 bits per heavy atom. The minimum atomic E-state index is -0.0440. The van der Waals surface area contributed by atoms with Gasteiger partial charge in [0.05, 0.1) is 6.10 Å². The molecule has 0 spiro atoms. The van der Waals surface area contributed by atoms with E-state index in [1.807, 2.05) is 0 Å². The van der Waals surface area contributed by atoms with E-state index in [-0.39, 0.29) is 6.10 Å². The Morgan fingerprint density at radius 3 is 2.89 bits per heavy atom. The predicted molar refractivity (Wildman–Crippen MR) is 35.2 cm³/mol. The van der Waals surface area contributed by atoms with Crippen LogP contribution in [-0.2, 0) is 0 Å². The van der Waals surface area contributed by atoms with Gasteiger partial charge in [-0.2, -0.15) is 0 Å². The molecule has 2 saturated heterocycles. The molecular weight excluding hydrogens is 114 g/mol. The molecule has 2 N–H and O–H groups in total. The summed E-state index contributed by atoms with van der Waals surface area (Å²) in [6.45, 7) is 0. The Hall–Kier alpha value is -0.0800. The lowest BCUT2D eigenvalue weighted by Crippen LogP contribution is -2.36. The molecule has 0 aromatic heterocycles. The summed E-state index contributed by atoms with van der Waals surface area (Å²) in [5.74, 6) is 0. The fourth-order valence-electron chi connectivity index (χ4n) is 2.00. The van der Waals surface area contributed by atoms with Gasteiger partial charge in [0, 0.05) is 12.1 Å². The number of fused-ring (bicyclic) bond motifs is 2. The molecule has 52 valence electrons. The Morgan fingerprint density at radius 2 is 2.22 bits per heavy atom. The predicted octanol–water partition coefficient (Wildman–Crippen LogP) is 0.262. The fourth-order valence-corrected chi connectivity index (χ4v) is 2.00. The van der Waals surface area contributed by atoms with Crippen LogP contribution in [0.25, 0.3) is 0 Å². The molecule has 2 heterocycles. The first-order valence-corrected chi connectivity index (χ1v) is 3.80. The number of aliphatic hydroxyl groups excluding tert-OH is 1. The van der Waals surface area contributed by atoms with E-state index < -0.39 is 0 Å². The van der Waals surface area contributed by atoms with E-state index in [9.17, 15) is 5.11 Å². The third-order valence-corrected chi connectivity index (χ3v) is 2.51. The molecule has 2 fully saturated rings. The maximum absolute atomic E-state index is 9.34. The molecular formula is C7H13NO. The maximum atomic E-state index is 9.34. The summed E-state index contributed by atoms with van der Waals surface area (Å²) in [7, 11) is 0. The second-order valence-electron chi connectivity index (χ2n) is 3.20. The molecule has 0 aliphatic carbocycles. The van der Waals surface area contributed by atoms with Crippen LogP contribution in [0.5, 0.6) is 0 Å². The average molecular weight is 127 g/mol. The summed E-state index contributed by atoms with van der Waals surface area (Å²) in [4.78, 5) is 0. The standard InChI is InChI=1S/C7H13NO/c9-7-4-5-2-1-3-6(7)8-5/h5-9H,1-4H2/t5-,6+,7+/m1/s1. The smallest absolute Gasteiger partial charge is 0.0708 e. The van der Waals surface area contributed by atoms with Crippen LogP contribution < -0.4 is 5.32 Å². The van der Waals surface area contributed by atoms with Crippen LogP contribution in [0.4, 0.5) is 0 Å². The van der Waals surface area contributed by atoms with Crippen LogP contribution in [-0.4, -0.2) is 23.3 Å². The number of hydrogen-bond acceptors (Lipinski definition) is 2. The van der Waals surface area contributed by atoms with Crippen LogP contribution in [0.1, 0.15) is 25.7 Å². The van der Waals surface area contributed by atoms with Crippen molar-refractivity contribution in [1.29, 1.82) is 0 Å². The van der Waals surface area contributed by atoms with Crippen molar-refractivity contribution in [1.82, 2.24) is 5.32 Å². The number of hydrogen-bond donors (Lipinski definition) is 2. The first kappa shape index (κ1) is 5.69. The van der Waals surface area contributed by atoms with Crippen LogP contribution in [0.3, 0.4) is 0 Å². The van der Waals surface area contributed by atoms with Gasteiger partial charge in [0.2, 0.25) is 0 Å². The first-order valence-electron chi connectivity index (χ1n) is 3.80. The minimum Gasteiger partial charge on any atom is -0.391 e. The van der Waals surface area contributed by atoms with Crippen LogP contribution in [0.15, 0.2) is 0 Å². The van der Waals surface area contributed by atoms with Gasteiger partial charge in [-0.1, -0.05) is 6.42 Å². The van der Waals surface area contributed by atoms with Crippen LogP contribution >= 0.6 is 0 Å². The van der Waals surface area contributed by atoms with Gasteiger partial charge in [0.25, 0.3) is 0 Å². The van der Waals surface area contributed by atoms with E-state index in [1.165, 1.54) is 19.3 Å². The molecule has 0 amide bonds. The van der Waals surface area contributed by atoms with Gasteiger partial charge >= 0.3 is 0 Å². The highest BCUT2D eigenvalue weighted by Crippen LogP contribution is 2.26. The summed E-state index contributed by atoms with van der Waals surface area (Å²) < 4.78 is 0. The zero-order chi connectivity index (χ0) is 6.27. The lowest BCUT2D eigenvalue weighted by Gasteiger charge is -2.20. The third-order valence-electron chi connectivity index (χ3n) is 2.51. The lowest BCUT2D eigenvalue weighted by atomic mass is 10.1. The summed E-state index contributed by atoms with van der Waals surface area (Å²) in [6.07, 6.45) is 4.70. The van der Waals surface area contributed by atoms with E-state index in [2.05, 4.69) is 5.32 Å². The Bertz CT molecular complexity index is 113. The Kier molecular flexibility index (Phi) is 1.24. The third kappa shape index (κ3) is 0.864. The highest BCUT2D eigenvalue weighted by Gasteiger charge is 2.34. The Balaban J connectivity index is 2.07. The summed E-state index contributed by atoms with van der Waals surface area (Å²) in [5, 5.41) is 12.7. The van der Waals surface area contributed by atoms with Crippen molar-refractivity contribution < 1.29 is 5.11 Å². The maximum Gasteiger partial charge on any atom is 0.0708 e. The molecule has 2 rings (SSSR count). The van der Waals surface area contributed by atoms with E-state index in [1.54, 1.807) is 0 Å². The van der Waals surface area contributed by atoms with Crippen molar-refractivity contribution in [3.05, 3.63) is 0 Å². The molecule has 9 heavy (non-hydrogen) atoms. The van der Waals surface area contributed by atoms with E-state index in [0.29, 0.717) is 12.1 Å². The van der Waals surface area contributed by atoms with Gasteiger partial charge in [-0.15, -0.1) is 0 Å². The van der Waals surface area contributed by atoms with Crippen molar-refractivity contribution in [3.8, 4) is 0 Å². The number of piperidine rings is 1. The molecule has 2 nitrogen and oxygen atoms in total. The van der Waals surface area contributed by atoms with Crippen molar-refractivity contribution >= 4 is 0 Å². The normalized spacial score (nSPS) is 49.7. The average Bonchev–Trinajstić information content (AvgIpc) is 2.09. The van der Waals surface area contributed by atoms with Gasteiger partial charge in [-0.05, 0) is 19.3 Å². The SMILES string of the molecule is O[C@H]1C[C@H]2CCC[C@@H]1N2. The summed E-state index contributed by atoms with van der Waals surface area (Å²) in [6, 6.07) is 1.07. The second kappa shape index (κ2) is 1.96. The second-order valence-corrected chi connectivity index (χ2v) is 3.20. The van der Waals surface area contributed by atoms with Gasteiger partial charge in [0.15, 0.2) is 0 Å². The molecule has 0 aromatic rings. The molecule has 2 bridgehead atoms. The highest BCUT2D eigenvalue weighted by molar-refractivity contribution is 4.94. The summed E-state index contributed by atoms with van der Waals surface area (Å²) >= 11 is 0. The largest absolute Gasteiger partial charge is 0.391 e. The molecule has 0 radical (unpaired) electrons. The quantitative estimate of drug-likeness (QED) is 0.489.